The van der Waals surface area contributed by atoms with Gasteiger partial charge in [-0.1, -0.05) is 21.5 Å². The van der Waals surface area contributed by atoms with Crippen LogP contribution in [-0.2, 0) is 4.79 Å². The van der Waals surface area contributed by atoms with Crippen molar-refractivity contribution in [3.63, 3.8) is 0 Å². The second-order valence-corrected chi connectivity index (χ2v) is 5.07. The molecule has 1 aromatic rings. The van der Waals surface area contributed by atoms with Crippen LogP contribution in [0.15, 0.2) is 34.8 Å². The van der Waals surface area contributed by atoms with Gasteiger partial charge in [-0.2, -0.15) is 0 Å². The van der Waals surface area contributed by atoms with Crippen LogP contribution in [0, 0.1) is 0 Å². The maximum Gasteiger partial charge on any atom is 0.299 e. The summed E-state index contributed by atoms with van der Waals surface area (Å²) in [5.74, 6) is -0.867. The molecule has 0 spiro atoms. The van der Waals surface area contributed by atoms with Crippen molar-refractivity contribution < 1.29 is 9.59 Å². The Balaban J connectivity index is 2.36. The van der Waals surface area contributed by atoms with Crippen LogP contribution in [0.5, 0.6) is 0 Å². The molecule has 17 heavy (non-hydrogen) atoms. The molecule has 1 aliphatic rings. The lowest BCUT2D eigenvalue weighted by Crippen LogP contribution is -2.30. The topological polar surface area (TPSA) is 37.4 Å². The smallest absolute Gasteiger partial charge is 0.299 e. The van der Waals surface area contributed by atoms with Crippen LogP contribution in [0.1, 0.15) is 23.7 Å². The van der Waals surface area contributed by atoms with Crippen LogP contribution in [0.3, 0.4) is 0 Å². The fraction of sp³-hybridized carbons (Fsp3) is 0.231. The van der Waals surface area contributed by atoms with Crippen molar-refractivity contribution in [2.24, 2.45) is 0 Å². The summed E-state index contributed by atoms with van der Waals surface area (Å²) in [6.07, 6.45) is 0.699. The number of carbonyl (C=O) groups is 2. The predicted molar refractivity (Wildman–Crippen MR) is 70.3 cm³/mol. The molecule has 0 aromatic heterocycles. The van der Waals surface area contributed by atoms with Crippen LogP contribution in [0.25, 0.3) is 0 Å². The van der Waals surface area contributed by atoms with Crippen molar-refractivity contribution in [2.45, 2.75) is 13.3 Å². The lowest BCUT2D eigenvalue weighted by molar-refractivity contribution is -0.114. The standard InChI is InChI=1S/C13H12BrNO2/c1-8(2)5-6-15-11-7-9(14)3-4-10(11)12(16)13(15)17/h3-4,7H,1,5-6H2,2H3. The monoisotopic (exact) mass is 293 g/mol. The van der Waals surface area contributed by atoms with Gasteiger partial charge < -0.3 is 4.90 Å². The van der Waals surface area contributed by atoms with Crippen molar-refractivity contribution in [3.8, 4) is 0 Å². The third kappa shape index (κ3) is 2.17. The Labute approximate surface area is 108 Å². The SMILES string of the molecule is C=C(C)CCN1C(=O)C(=O)c2ccc(Br)cc21. The Morgan fingerprint density at radius 3 is 2.76 bits per heavy atom. The number of fused-ring (bicyclic) bond motifs is 1. The molecule has 88 valence electrons. The number of halogens is 1. The summed E-state index contributed by atoms with van der Waals surface area (Å²) < 4.78 is 0.860. The Morgan fingerprint density at radius 2 is 2.12 bits per heavy atom. The first-order valence-corrected chi connectivity index (χ1v) is 6.10. The maximum atomic E-state index is 11.8. The molecule has 0 unspecified atom stereocenters. The highest BCUT2D eigenvalue weighted by Crippen LogP contribution is 2.31. The van der Waals surface area contributed by atoms with E-state index >= 15 is 0 Å². The number of hydrogen-bond acceptors (Lipinski definition) is 2. The second kappa shape index (κ2) is 4.45. The molecular formula is C13H12BrNO2. The number of amides is 1. The zero-order valence-corrected chi connectivity index (χ0v) is 11.1. The average molecular weight is 294 g/mol. The molecule has 0 aliphatic carbocycles. The maximum absolute atomic E-state index is 11.8. The largest absolute Gasteiger partial charge is 0.304 e. The first kappa shape index (κ1) is 12.0. The number of hydrogen-bond donors (Lipinski definition) is 0. The van der Waals surface area contributed by atoms with E-state index in [0.717, 1.165) is 10.0 Å². The van der Waals surface area contributed by atoms with Crippen molar-refractivity contribution >= 4 is 33.3 Å². The molecule has 0 atom stereocenters. The minimum Gasteiger partial charge on any atom is -0.304 e. The number of Topliss-reactive ketones (excluding diaryl/α,β-unsaturated/α-hetero) is 1. The summed E-state index contributed by atoms with van der Waals surface area (Å²) in [4.78, 5) is 25.1. The van der Waals surface area contributed by atoms with E-state index in [4.69, 9.17) is 0 Å². The molecule has 0 fully saturated rings. The zero-order chi connectivity index (χ0) is 12.6. The molecule has 0 bridgehead atoms. The van der Waals surface area contributed by atoms with E-state index < -0.39 is 11.7 Å². The molecular weight excluding hydrogens is 282 g/mol. The van der Waals surface area contributed by atoms with E-state index in [9.17, 15) is 9.59 Å². The van der Waals surface area contributed by atoms with Gasteiger partial charge in [-0.3, -0.25) is 9.59 Å². The molecule has 1 aliphatic heterocycles. The molecule has 0 saturated heterocycles. The van der Waals surface area contributed by atoms with Crippen LogP contribution < -0.4 is 4.90 Å². The molecule has 1 aromatic carbocycles. The van der Waals surface area contributed by atoms with Crippen molar-refractivity contribution in [3.05, 3.63) is 40.4 Å². The van der Waals surface area contributed by atoms with Gasteiger partial charge >= 0.3 is 0 Å². The molecule has 2 rings (SSSR count). The molecule has 0 saturated carbocycles. The number of rotatable bonds is 3. The van der Waals surface area contributed by atoms with E-state index in [2.05, 4.69) is 22.5 Å². The van der Waals surface area contributed by atoms with Gasteiger partial charge in [-0.15, -0.1) is 6.58 Å². The van der Waals surface area contributed by atoms with Gasteiger partial charge in [0.25, 0.3) is 11.7 Å². The summed E-state index contributed by atoms with van der Waals surface area (Å²) >= 11 is 3.35. The highest BCUT2D eigenvalue weighted by molar-refractivity contribution is 9.10. The van der Waals surface area contributed by atoms with Crippen molar-refractivity contribution in [2.75, 3.05) is 11.4 Å². The van der Waals surface area contributed by atoms with Crippen molar-refractivity contribution in [1.29, 1.82) is 0 Å². The van der Waals surface area contributed by atoms with E-state index in [1.807, 2.05) is 6.92 Å². The van der Waals surface area contributed by atoms with E-state index in [1.165, 1.54) is 4.90 Å². The van der Waals surface area contributed by atoms with E-state index in [-0.39, 0.29) is 0 Å². The van der Waals surface area contributed by atoms with E-state index in [1.54, 1.807) is 18.2 Å². The minimum atomic E-state index is -0.445. The first-order chi connectivity index (χ1) is 8.00. The van der Waals surface area contributed by atoms with Gasteiger partial charge in [0.05, 0.1) is 11.3 Å². The number of carbonyl (C=O) groups excluding carboxylic acids is 2. The molecule has 3 nitrogen and oxygen atoms in total. The lowest BCUT2D eigenvalue weighted by atomic mass is 10.1. The van der Waals surface area contributed by atoms with Gasteiger partial charge in [0, 0.05) is 11.0 Å². The van der Waals surface area contributed by atoms with Crippen LogP contribution in [0.4, 0.5) is 5.69 Å². The summed E-state index contributed by atoms with van der Waals surface area (Å²) in [5, 5.41) is 0. The van der Waals surface area contributed by atoms with Gasteiger partial charge in [-0.25, -0.2) is 0 Å². The van der Waals surface area contributed by atoms with Gasteiger partial charge in [0.1, 0.15) is 0 Å². The van der Waals surface area contributed by atoms with Crippen LogP contribution >= 0.6 is 15.9 Å². The summed E-state index contributed by atoms with van der Waals surface area (Å²) in [7, 11) is 0. The van der Waals surface area contributed by atoms with Gasteiger partial charge in [0.2, 0.25) is 0 Å². The van der Waals surface area contributed by atoms with E-state index in [0.29, 0.717) is 24.2 Å². The fourth-order valence-electron chi connectivity index (χ4n) is 1.79. The minimum absolute atomic E-state index is 0.422. The third-order valence-corrected chi connectivity index (χ3v) is 3.19. The molecule has 1 amide bonds. The number of anilines is 1. The Hall–Kier alpha value is -1.42. The Morgan fingerprint density at radius 1 is 1.41 bits per heavy atom. The average Bonchev–Trinajstić information content (AvgIpc) is 2.49. The molecule has 0 radical (unpaired) electrons. The highest BCUT2D eigenvalue weighted by Gasteiger charge is 2.35. The summed E-state index contributed by atoms with van der Waals surface area (Å²) in [5.41, 5.74) is 2.17. The fourth-order valence-corrected chi connectivity index (χ4v) is 2.14. The lowest BCUT2D eigenvalue weighted by Gasteiger charge is -2.16. The number of benzene rings is 1. The quantitative estimate of drug-likeness (QED) is 0.635. The molecule has 1 heterocycles. The highest BCUT2D eigenvalue weighted by atomic mass is 79.9. The van der Waals surface area contributed by atoms with Crippen LogP contribution in [-0.4, -0.2) is 18.2 Å². The number of nitrogens with zero attached hydrogens (tertiary/aromatic N) is 1. The number of ketones is 1. The first-order valence-electron chi connectivity index (χ1n) is 5.31. The van der Waals surface area contributed by atoms with Crippen LogP contribution in [0.2, 0.25) is 0 Å². The summed E-state index contributed by atoms with van der Waals surface area (Å²) in [6.45, 7) is 6.21. The predicted octanol–water partition coefficient (Wildman–Crippen LogP) is 2.94. The normalized spacial score (nSPS) is 14.1. The molecule has 4 heteroatoms. The Bertz CT molecular complexity index is 522. The van der Waals surface area contributed by atoms with Gasteiger partial charge in [-0.05, 0) is 31.5 Å². The van der Waals surface area contributed by atoms with Crippen molar-refractivity contribution in [1.82, 2.24) is 0 Å². The summed E-state index contributed by atoms with van der Waals surface area (Å²) in [6, 6.07) is 5.25. The third-order valence-electron chi connectivity index (χ3n) is 2.70. The zero-order valence-electron chi connectivity index (χ0n) is 9.50. The molecule has 0 N–H and O–H groups in total. The van der Waals surface area contributed by atoms with Gasteiger partial charge in [0.15, 0.2) is 0 Å². The Kier molecular flexibility index (Phi) is 3.15. The second-order valence-electron chi connectivity index (χ2n) is 4.15.